The van der Waals surface area contributed by atoms with Crippen LogP contribution in [0, 0.1) is 17.5 Å². The Morgan fingerprint density at radius 3 is 2.32 bits per heavy atom. The normalized spacial score (nSPS) is 13.9. The molecule has 2 aromatic carbocycles. The van der Waals surface area contributed by atoms with Gasteiger partial charge in [0, 0.05) is 22.5 Å². The predicted molar refractivity (Wildman–Crippen MR) is 143 cm³/mol. The second-order valence-electron chi connectivity index (χ2n) is 8.79. The predicted octanol–water partition coefficient (Wildman–Crippen LogP) is 4.72. The van der Waals surface area contributed by atoms with Crippen LogP contribution in [0.15, 0.2) is 46.0 Å². The van der Waals surface area contributed by atoms with Crippen molar-refractivity contribution in [2.24, 2.45) is 0 Å². The van der Waals surface area contributed by atoms with Crippen LogP contribution in [0.3, 0.4) is 0 Å². The number of benzene rings is 2. The molecule has 0 atom stereocenters. The van der Waals surface area contributed by atoms with Crippen LogP contribution in [-0.2, 0) is 6.54 Å². The van der Waals surface area contributed by atoms with E-state index in [2.05, 4.69) is 5.32 Å². The topological polar surface area (TPSA) is 74.5 Å². The van der Waals surface area contributed by atoms with E-state index in [-0.39, 0.29) is 36.3 Å². The summed E-state index contributed by atoms with van der Waals surface area (Å²) < 4.78 is 55.7. The number of methoxy groups -OCH3 is 2. The van der Waals surface area contributed by atoms with Gasteiger partial charge in [0.15, 0.2) is 17.4 Å². The molecular weight excluding hydrogens is 543 g/mol. The van der Waals surface area contributed by atoms with Gasteiger partial charge in [0.2, 0.25) is 0 Å². The molecule has 38 heavy (non-hydrogen) atoms. The zero-order chi connectivity index (χ0) is 26.3. The summed E-state index contributed by atoms with van der Waals surface area (Å²) in [5.41, 5.74) is 0.0903. The third-order valence-electron chi connectivity index (χ3n) is 6.56. The smallest absolute Gasteiger partial charge is 0.332 e. The zero-order valence-corrected chi connectivity index (χ0v) is 22.2. The molecule has 202 valence electrons. The van der Waals surface area contributed by atoms with Gasteiger partial charge in [-0.3, -0.25) is 13.9 Å². The molecule has 0 amide bonds. The molecule has 0 bridgehead atoms. The van der Waals surface area contributed by atoms with Gasteiger partial charge in [-0.2, -0.15) is 0 Å². The summed E-state index contributed by atoms with van der Waals surface area (Å²) in [5.74, 6) is -2.50. The van der Waals surface area contributed by atoms with Crippen LogP contribution in [0.1, 0.15) is 24.4 Å². The highest BCUT2D eigenvalue weighted by Crippen LogP contribution is 2.38. The van der Waals surface area contributed by atoms with E-state index in [9.17, 15) is 22.8 Å². The van der Waals surface area contributed by atoms with E-state index >= 15 is 0 Å². The lowest BCUT2D eigenvalue weighted by Gasteiger charge is -2.25. The first-order valence-electron chi connectivity index (χ1n) is 11.7. The number of fused-ring (bicyclic) bond motifs is 1. The molecule has 1 aliphatic heterocycles. The minimum Gasteiger partial charge on any atom is -0.496 e. The van der Waals surface area contributed by atoms with Crippen LogP contribution < -0.4 is 26.0 Å². The highest BCUT2D eigenvalue weighted by Gasteiger charge is 2.25. The molecule has 0 aliphatic carbocycles. The lowest BCUT2D eigenvalue weighted by Crippen LogP contribution is -2.45. The average molecular weight is 568 g/mol. The maximum atomic E-state index is 14.4. The third kappa shape index (κ3) is 4.93. The molecule has 2 aromatic heterocycles. The molecular formula is C26H25ClF3N3O4S. The van der Waals surface area contributed by atoms with Gasteiger partial charge in [0.25, 0.3) is 5.56 Å². The van der Waals surface area contributed by atoms with Crippen LogP contribution in [0.2, 0.25) is 0 Å². The Hall–Kier alpha value is -3.28. The zero-order valence-electron chi connectivity index (χ0n) is 20.6. The fourth-order valence-electron chi connectivity index (χ4n) is 4.79. The van der Waals surface area contributed by atoms with Crippen molar-refractivity contribution in [1.82, 2.24) is 14.5 Å². The van der Waals surface area contributed by atoms with Crippen molar-refractivity contribution in [2.75, 3.05) is 27.3 Å². The molecule has 4 aromatic rings. The molecule has 7 nitrogen and oxygen atoms in total. The van der Waals surface area contributed by atoms with Crippen LogP contribution in [0.5, 0.6) is 11.5 Å². The Labute approximate surface area is 225 Å². The SMILES string of the molecule is COc1cc(F)ccc1-c1cc2c(s1)c(=O)n(C1CCNCC1)c(=O)n2Cc1cc(F)c(OC)c(F)c1.Cl. The van der Waals surface area contributed by atoms with Gasteiger partial charge in [-0.1, -0.05) is 0 Å². The molecule has 0 saturated carbocycles. The minimum absolute atomic E-state index is 0. The lowest BCUT2D eigenvalue weighted by atomic mass is 10.1. The molecule has 1 N–H and O–H groups in total. The van der Waals surface area contributed by atoms with E-state index in [1.165, 1.54) is 35.5 Å². The fourth-order valence-corrected chi connectivity index (χ4v) is 5.92. The number of rotatable bonds is 6. The summed E-state index contributed by atoms with van der Waals surface area (Å²) in [6.07, 6.45) is 1.19. The van der Waals surface area contributed by atoms with E-state index in [1.807, 2.05) is 0 Å². The second-order valence-corrected chi connectivity index (χ2v) is 9.84. The van der Waals surface area contributed by atoms with Crippen LogP contribution >= 0.6 is 23.7 Å². The molecule has 0 radical (unpaired) electrons. The number of nitrogens with one attached hydrogen (secondary N) is 1. The third-order valence-corrected chi connectivity index (χ3v) is 7.70. The van der Waals surface area contributed by atoms with Crippen LogP contribution in [0.4, 0.5) is 13.2 Å². The molecule has 0 unspecified atom stereocenters. The Balaban J connectivity index is 0.00000336. The summed E-state index contributed by atoms with van der Waals surface area (Å²) in [4.78, 5) is 27.9. The quantitative estimate of drug-likeness (QED) is 0.365. The van der Waals surface area contributed by atoms with Crippen molar-refractivity contribution in [3.63, 3.8) is 0 Å². The van der Waals surface area contributed by atoms with Gasteiger partial charge in [-0.25, -0.2) is 18.0 Å². The van der Waals surface area contributed by atoms with Crippen molar-refractivity contribution in [3.05, 3.63) is 80.3 Å². The summed E-state index contributed by atoms with van der Waals surface area (Å²) in [6, 6.07) is 7.62. The number of hydrogen-bond donors (Lipinski definition) is 1. The summed E-state index contributed by atoms with van der Waals surface area (Å²) in [5, 5.41) is 3.22. The maximum absolute atomic E-state index is 14.4. The first kappa shape index (κ1) is 27.7. The summed E-state index contributed by atoms with van der Waals surface area (Å²) in [6.45, 7) is 1.15. The highest BCUT2D eigenvalue weighted by molar-refractivity contribution is 7.22. The number of ether oxygens (including phenoxy) is 2. The Bertz CT molecular complexity index is 1590. The van der Waals surface area contributed by atoms with Gasteiger partial charge < -0.3 is 14.8 Å². The van der Waals surface area contributed by atoms with E-state index in [0.29, 0.717) is 46.6 Å². The summed E-state index contributed by atoms with van der Waals surface area (Å²) >= 11 is 1.16. The Morgan fingerprint density at radius 2 is 1.68 bits per heavy atom. The molecule has 1 aliphatic rings. The second kappa shape index (κ2) is 11.2. The number of piperidine rings is 1. The van der Waals surface area contributed by atoms with Crippen molar-refractivity contribution >= 4 is 34.0 Å². The van der Waals surface area contributed by atoms with Crippen molar-refractivity contribution in [3.8, 4) is 21.9 Å². The van der Waals surface area contributed by atoms with E-state index in [0.717, 1.165) is 23.5 Å². The Morgan fingerprint density at radius 1 is 1.00 bits per heavy atom. The lowest BCUT2D eigenvalue weighted by molar-refractivity contribution is 0.346. The van der Waals surface area contributed by atoms with Gasteiger partial charge in [0.05, 0.1) is 26.3 Å². The molecule has 12 heteroatoms. The van der Waals surface area contributed by atoms with Crippen LogP contribution in [0.25, 0.3) is 20.7 Å². The Kier molecular flexibility index (Phi) is 8.19. The number of thiophene rings is 1. The van der Waals surface area contributed by atoms with Gasteiger partial charge in [-0.15, -0.1) is 23.7 Å². The number of nitrogens with zero attached hydrogens (tertiary/aromatic N) is 2. The molecule has 1 saturated heterocycles. The van der Waals surface area contributed by atoms with Gasteiger partial charge in [-0.05, 0) is 61.8 Å². The summed E-state index contributed by atoms with van der Waals surface area (Å²) in [7, 11) is 2.58. The maximum Gasteiger partial charge on any atom is 0.332 e. The fraction of sp³-hybridized carbons (Fsp3) is 0.308. The highest BCUT2D eigenvalue weighted by atomic mass is 35.5. The van der Waals surface area contributed by atoms with Crippen LogP contribution in [-0.4, -0.2) is 36.4 Å². The van der Waals surface area contributed by atoms with Gasteiger partial charge >= 0.3 is 5.69 Å². The minimum atomic E-state index is -0.893. The van der Waals surface area contributed by atoms with E-state index in [4.69, 9.17) is 9.47 Å². The number of hydrogen-bond acceptors (Lipinski definition) is 6. The largest absolute Gasteiger partial charge is 0.496 e. The first-order valence-corrected chi connectivity index (χ1v) is 12.5. The molecule has 1 fully saturated rings. The molecule has 5 rings (SSSR count). The molecule has 0 spiro atoms. The monoisotopic (exact) mass is 567 g/mol. The van der Waals surface area contributed by atoms with Gasteiger partial charge in [0.1, 0.15) is 16.3 Å². The standard InChI is InChI=1S/C26H24F3N3O4S.ClH/c1-35-21-11-15(27)3-4-17(21)22-12-20-24(37-22)25(33)32(16-5-7-30-8-6-16)26(34)31(20)13-14-9-18(28)23(36-2)19(29)10-14;/h3-4,9-12,16,30H,5-8,13H2,1-2H3;1H. The van der Waals surface area contributed by atoms with Crippen molar-refractivity contribution in [1.29, 1.82) is 0 Å². The molecule has 3 heterocycles. The average Bonchev–Trinajstić information content (AvgIpc) is 3.32. The number of halogens is 4. The number of aromatic nitrogens is 2. The van der Waals surface area contributed by atoms with Crippen molar-refractivity contribution in [2.45, 2.75) is 25.4 Å². The van der Waals surface area contributed by atoms with Crippen molar-refractivity contribution < 1.29 is 22.6 Å². The van der Waals surface area contributed by atoms with E-state index < -0.39 is 34.5 Å². The first-order chi connectivity index (χ1) is 17.8. The van der Waals surface area contributed by atoms with E-state index in [1.54, 1.807) is 12.1 Å².